The minimum absolute atomic E-state index is 0.804. The average Bonchev–Trinajstić information content (AvgIpc) is 2.44. The maximum absolute atomic E-state index is 2.49. The highest BCUT2D eigenvalue weighted by Crippen LogP contribution is 2.36. The van der Waals surface area contributed by atoms with Crippen molar-refractivity contribution in [3.8, 4) is 0 Å². The van der Waals surface area contributed by atoms with E-state index in [-0.39, 0.29) is 0 Å². The van der Waals surface area contributed by atoms with E-state index < -0.39 is 0 Å². The third-order valence-electron chi connectivity index (χ3n) is 4.44. The lowest BCUT2D eigenvalue weighted by atomic mass is 9.79. The largest absolute Gasteiger partial charge is 0.306 e. The summed E-state index contributed by atoms with van der Waals surface area (Å²) < 4.78 is 0. The van der Waals surface area contributed by atoms with Crippen LogP contribution in [0.25, 0.3) is 6.08 Å². The van der Waals surface area contributed by atoms with Gasteiger partial charge in [0.2, 0.25) is 0 Å². The molecule has 1 aliphatic heterocycles. The van der Waals surface area contributed by atoms with Gasteiger partial charge in [-0.05, 0) is 56.3 Å². The van der Waals surface area contributed by atoms with E-state index in [1.165, 1.54) is 37.1 Å². The van der Waals surface area contributed by atoms with Gasteiger partial charge in [-0.2, -0.15) is 0 Å². The molecule has 0 amide bonds. The Morgan fingerprint density at radius 1 is 1.24 bits per heavy atom. The molecule has 0 radical (unpaired) electrons. The lowest BCUT2D eigenvalue weighted by molar-refractivity contribution is 0.164. The fraction of sp³-hybridized carbons (Fsp3) is 0.500. The van der Waals surface area contributed by atoms with Crippen molar-refractivity contribution in [1.82, 2.24) is 4.90 Å². The minimum Gasteiger partial charge on any atom is -0.306 e. The van der Waals surface area contributed by atoms with Crippen molar-refractivity contribution in [2.24, 2.45) is 11.8 Å². The van der Waals surface area contributed by atoms with Gasteiger partial charge in [0, 0.05) is 6.54 Å². The second-order valence-corrected chi connectivity index (χ2v) is 5.71. The number of hydrogen-bond donors (Lipinski definition) is 0. The van der Waals surface area contributed by atoms with Crippen LogP contribution < -0.4 is 0 Å². The smallest absolute Gasteiger partial charge is 0.00155 e. The van der Waals surface area contributed by atoms with Crippen molar-refractivity contribution in [2.45, 2.75) is 19.8 Å². The van der Waals surface area contributed by atoms with Crippen LogP contribution >= 0.6 is 0 Å². The van der Waals surface area contributed by atoms with Crippen LogP contribution in [0.5, 0.6) is 0 Å². The lowest BCUT2D eigenvalue weighted by Crippen LogP contribution is -2.39. The summed E-state index contributed by atoms with van der Waals surface area (Å²) in [5.41, 5.74) is 4.57. The third-order valence-corrected chi connectivity index (χ3v) is 4.44. The molecule has 3 rings (SSSR count). The summed E-state index contributed by atoms with van der Waals surface area (Å²) in [5.74, 6) is 1.62. The standard InChI is InChI=1S/C16H21N/c1-12-9-13-5-3-4-6-14(13)10-15-11-17(2)8-7-16(12)15/h3-6,9,15-16H,7-8,10-11H2,1-2H3/t15-,16+/m1/s1. The topological polar surface area (TPSA) is 3.24 Å². The molecule has 0 N–H and O–H groups in total. The zero-order chi connectivity index (χ0) is 11.8. The molecule has 0 unspecified atom stereocenters. The monoisotopic (exact) mass is 227 g/mol. The summed E-state index contributed by atoms with van der Waals surface area (Å²) in [6.07, 6.45) is 5.00. The van der Waals surface area contributed by atoms with Crippen LogP contribution in [0, 0.1) is 11.8 Å². The van der Waals surface area contributed by atoms with Gasteiger partial charge in [-0.15, -0.1) is 0 Å². The molecule has 0 saturated carbocycles. The molecule has 0 aromatic heterocycles. The zero-order valence-electron chi connectivity index (χ0n) is 10.8. The number of allylic oxidation sites excluding steroid dienone is 1. The highest BCUT2D eigenvalue weighted by molar-refractivity contribution is 5.58. The Hall–Kier alpha value is -1.08. The van der Waals surface area contributed by atoms with Gasteiger partial charge < -0.3 is 4.90 Å². The molecule has 1 aliphatic carbocycles. The van der Waals surface area contributed by atoms with Crippen LogP contribution in [0.2, 0.25) is 0 Å². The average molecular weight is 227 g/mol. The van der Waals surface area contributed by atoms with E-state index in [4.69, 9.17) is 0 Å². The molecule has 2 aliphatic rings. The maximum atomic E-state index is 2.49. The molecule has 1 fully saturated rings. The van der Waals surface area contributed by atoms with Crippen LogP contribution in [0.3, 0.4) is 0 Å². The molecule has 90 valence electrons. The van der Waals surface area contributed by atoms with Crippen molar-refractivity contribution in [3.05, 3.63) is 41.0 Å². The molecule has 1 nitrogen and oxygen atoms in total. The second-order valence-electron chi connectivity index (χ2n) is 5.71. The van der Waals surface area contributed by atoms with Crippen LogP contribution in [-0.2, 0) is 6.42 Å². The first-order valence-corrected chi connectivity index (χ1v) is 6.68. The highest BCUT2D eigenvalue weighted by Gasteiger charge is 2.30. The van der Waals surface area contributed by atoms with Gasteiger partial charge in [-0.3, -0.25) is 0 Å². The Balaban J connectivity index is 1.99. The van der Waals surface area contributed by atoms with Crippen molar-refractivity contribution in [2.75, 3.05) is 20.1 Å². The summed E-state index contributed by atoms with van der Waals surface area (Å²) in [4.78, 5) is 2.49. The van der Waals surface area contributed by atoms with Gasteiger partial charge in [0.05, 0.1) is 0 Å². The molecule has 1 heterocycles. The number of likely N-dealkylation sites (tertiary alicyclic amines) is 1. The van der Waals surface area contributed by atoms with Crippen molar-refractivity contribution < 1.29 is 0 Å². The van der Waals surface area contributed by atoms with E-state index in [9.17, 15) is 0 Å². The summed E-state index contributed by atoms with van der Waals surface area (Å²) in [6, 6.07) is 8.90. The maximum Gasteiger partial charge on any atom is 0.00155 e. The fourth-order valence-electron chi connectivity index (χ4n) is 3.52. The van der Waals surface area contributed by atoms with Gasteiger partial charge in [-0.1, -0.05) is 35.9 Å². The Morgan fingerprint density at radius 2 is 2.06 bits per heavy atom. The number of nitrogens with zero attached hydrogens (tertiary/aromatic N) is 1. The quantitative estimate of drug-likeness (QED) is 0.658. The van der Waals surface area contributed by atoms with Crippen molar-refractivity contribution in [3.63, 3.8) is 0 Å². The zero-order valence-corrected chi connectivity index (χ0v) is 10.8. The lowest BCUT2D eigenvalue weighted by Gasteiger charge is -2.36. The summed E-state index contributed by atoms with van der Waals surface area (Å²) in [7, 11) is 2.26. The molecule has 2 atom stereocenters. The van der Waals surface area contributed by atoms with Crippen LogP contribution in [-0.4, -0.2) is 25.0 Å². The summed E-state index contributed by atoms with van der Waals surface area (Å²) in [6.45, 7) is 4.83. The number of hydrogen-bond acceptors (Lipinski definition) is 1. The summed E-state index contributed by atoms with van der Waals surface area (Å²) in [5, 5.41) is 0. The fourth-order valence-corrected chi connectivity index (χ4v) is 3.52. The third kappa shape index (κ3) is 2.04. The van der Waals surface area contributed by atoms with Gasteiger partial charge >= 0.3 is 0 Å². The molecular weight excluding hydrogens is 206 g/mol. The normalized spacial score (nSPS) is 28.9. The van der Waals surface area contributed by atoms with E-state index in [0.29, 0.717) is 0 Å². The first kappa shape index (κ1) is 11.0. The molecule has 1 aromatic carbocycles. The minimum atomic E-state index is 0.804. The van der Waals surface area contributed by atoms with Crippen LogP contribution in [0.1, 0.15) is 24.5 Å². The van der Waals surface area contributed by atoms with Crippen molar-refractivity contribution >= 4 is 6.08 Å². The Kier molecular flexibility index (Phi) is 2.79. The van der Waals surface area contributed by atoms with Crippen molar-refractivity contribution in [1.29, 1.82) is 0 Å². The van der Waals surface area contributed by atoms with E-state index in [1.807, 2.05) is 0 Å². The Morgan fingerprint density at radius 3 is 2.94 bits per heavy atom. The molecule has 0 spiro atoms. The molecule has 1 heteroatoms. The molecule has 17 heavy (non-hydrogen) atoms. The van der Waals surface area contributed by atoms with E-state index in [1.54, 1.807) is 5.57 Å². The van der Waals surface area contributed by atoms with E-state index in [0.717, 1.165) is 11.8 Å². The van der Waals surface area contributed by atoms with Gasteiger partial charge in [-0.25, -0.2) is 0 Å². The van der Waals surface area contributed by atoms with Gasteiger partial charge in [0.1, 0.15) is 0 Å². The molecule has 1 aromatic rings. The van der Waals surface area contributed by atoms with Crippen LogP contribution in [0.15, 0.2) is 29.8 Å². The predicted octanol–water partition coefficient (Wildman–Crippen LogP) is 3.21. The first-order valence-electron chi connectivity index (χ1n) is 6.68. The predicted molar refractivity (Wildman–Crippen MR) is 72.9 cm³/mol. The van der Waals surface area contributed by atoms with Gasteiger partial charge in [0.15, 0.2) is 0 Å². The van der Waals surface area contributed by atoms with E-state index in [2.05, 4.69) is 49.2 Å². The SMILES string of the molecule is CC1=Cc2ccccc2C[C@@H]2CN(C)CC[C@@H]12. The molecular formula is C16H21N. The number of piperidine rings is 1. The Labute approximate surface area is 104 Å². The first-order chi connectivity index (χ1) is 8.24. The molecule has 0 bridgehead atoms. The summed E-state index contributed by atoms with van der Waals surface area (Å²) >= 11 is 0. The Bertz CT molecular complexity index is 447. The van der Waals surface area contributed by atoms with E-state index >= 15 is 0 Å². The highest BCUT2D eigenvalue weighted by atomic mass is 15.1. The van der Waals surface area contributed by atoms with Gasteiger partial charge in [0.25, 0.3) is 0 Å². The number of benzene rings is 1. The number of rotatable bonds is 0. The van der Waals surface area contributed by atoms with Crippen LogP contribution in [0.4, 0.5) is 0 Å². The molecule has 1 saturated heterocycles. The second kappa shape index (κ2) is 4.30. The number of fused-ring (bicyclic) bond motifs is 2.